The van der Waals surface area contributed by atoms with Crippen LogP contribution in [-0.4, -0.2) is 12.6 Å². The van der Waals surface area contributed by atoms with Gasteiger partial charge in [0.25, 0.3) is 0 Å². The van der Waals surface area contributed by atoms with E-state index in [-0.39, 0.29) is 0 Å². The Morgan fingerprint density at radius 3 is 2.53 bits per heavy atom. The molecule has 1 unspecified atom stereocenters. The molecule has 2 nitrogen and oxygen atoms in total. The molecule has 0 amide bonds. The van der Waals surface area contributed by atoms with Crippen LogP contribution in [0.25, 0.3) is 0 Å². The minimum atomic E-state index is 0.305. The molecule has 0 aliphatic rings. The first-order valence-electron chi connectivity index (χ1n) is 6.53. The lowest BCUT2D eigenvalue weighted by atomic mass is 9.99. The van der Waals surface area contributed by atoms with Crippen molar-refractivity contribution in [3.05, 3.63) is 28.8 Å². The Kier molecular flexibility index (Phi) is 5.49. The molecule has 0 fully saturated rings. The molecule has 0 bridgehead atoms. The monoisotopic (exact) mass is 235 g/mol. The molecule has 0 radical (unpaired) electrons. The zero-order valence-corrected chi connectivity index (χ0v) is 11.5. The Balaban J connectivity index is 2.70. The zero-order chi connectivity index (χ0) is 12.8. The number of ether oxygens (including phenoxy) is 1. The van der Waals surface area contributed by atoms with Crippen molar-refractivity contribution >= 4 is 0 Å². The number of hydrogen-bond acceptors (Lipinski definition) is 2. The van der Waals surface area contributed by atoms with Crippen LogP contribution in [0.15, 0.2) is 12.1 Å². The fraction of sp³-hybridized carbons (Fsp3) is 0.600. The molecule has 1 aromatic carbocycles. The van der Waals surface area contributed by atoms with Crippen molar-refractivity contribution in [3.8, 4) is 5.75 Å². The number of benzene rings is 1. The van der Waals surface area contributed by atoms with Crippen molar-refractivity contribution < 1.29 is 4.74 Å². The van der Waals surface area contributed by atoms with E-state index in [1.54, 1.807) is 0 Å². The van der Waals surface area contributed by atoms with E-state index in [4.69, 9.17) is 10.5 Å². The summed E-state index contributed by atoms with van der Waals surface area (Å²) in [7, 11) is 0. The van der Waals surface area contributed by atoms with Crippen LogP contribution in [0.5, 0.6) is 5.75 Å². The third kappa shape index (κ3) is 4.39. The second-order valence-electron chi connectivity index (χ2n) is 4.85. The van der Waals surface area contributed by atoms with Crippen LogP contribution in [0.4, 0.5) is 0 Å². The van der Waals surface area contributed by atoms with Gasteiger partial charge in [-0.2, -0.15) is 0 Å². The predicted octanol–water partition coefficient (Wildman–Crippen LogP) is 3.37. The van der Waals surface area contributed by atoms with Gasteiger partial charge in [0.15, 0.2) is 0 Å². The van der Waals surface area contributed by atoms with Crippen LogP contribution in [-0.2, 0) is 6.42 Å². The average Bonchev–Trinajstić information content (AvgIpc) is 2.24. The molecule has 1 atom stereocenters. The lowest BCUT2D eigenvalue weighted by Gasteiger charge is -2.13. The first-order chi connectivity index (χ1) is 8.04. The highest BCUT2D eigenvalue weighted by atomic mass is 16.5. The molecule has 0 aliphatic heterocycles. The average molecular weight is 235 g/mol. The maximum atomic E-state index is 5.77. The van der Waals surface area contributed by atoms with Gasteiger partial charge in [-0.3, -0.25) is 0 Å². The summed E-state index contributed by atoms with van der Waals surface area (Å²) in [6.07, 6.45) is 3.36. The van der Waals surface area contributed by atoms with Gasteiger partial charge in [0.2, 0.25) is 0 Å². The summed E-state index contributed by atoms with van der Waals surface area (Å²) in [5.41, 5.74) is 9.74. The van der Waals surface area contributed by atoms with Crippen LogP contribution in [0.1, 0.15) is 43.4 Å². The topological polar surface area (TPSA) is 35.2 Å². The van der Waals surface area contributed by atoms with E-state index >= 15 is 0 Å². The van der Waals surface area contributed by atoms with Gasteiger partial charge in [0, 0.05) is 6.04 Å². The van der Waals surface area contributed by atoms with Gasteiger partial charge in [-0.15, -0.1) is 0 Å². The molecule has 0 aromatic heterocycles. The Morgan fingerprint density at radius 2 is 1.94 bits per heavy atom. The van der Waals surface area contributed by atoms with E-state index in [0.29, 0.717) is 6.04 Å². The molecule has 0 saturated carbocycles. The molecule has 2 heteroatoms. The molecule has 0 aliphatic carbocycles. The zero-order valence-electron chi connectivity index (χ0n) is 11.5. The maximum absolute atomic E-state index is 5.77. The Labute approximate surface area is 105 Å². The number of nitrogens with two attached hydrogens (primary N) is 1. The molecule has 0 spiro atoms. The van der Waals surface area contributed by atoms with Gasteiger partial charge < -0.3 is 10.5 Å². The summed E-state index contributed by atoms with van der Waals surface area (Å²) in [6, 6.07) is 4.71. The summed E-state index contributed by atoms with van der Waals surface area (Å²) in [6.45, 7) is 9.08. The summed E-state index contributed by atoms with van der Waals surface area (Å²) in [5, 5.41) is 0. The molecule has 1 rings (SSSR count). The SMILES string of the molecule is CCOc1cc(C)c(CCCC(C)N)cc1C. The van der Waals surface area contributed by atoms with Crippen LogP contribution in [0.3, 0.4) is 0 Å². The molecule has 0 heterocycles. The van der Waals surface area contributed by atoms with Crippen molar-refractivity contribution in [3.63, 3.8) is 0 Å². The molecule has 96 valence electrons. The van der Waals surface area contributed by atoms with Gasteiger partial charge in [-0.25, -0.2) is 0 Å². The quantitative estimate of drug-likeness (QED) is 0.820. The maximum Gasteiger partial charge on any atom is 0.122 e. The number of hydrogen-bond donors (Lipinski definition) is 1. The van der Waals surface area contributed by atoms with E-state index in [0.717, 1.165) is 31.6 Å². The second-order valence-corrected chi connectivity index (χ2v) is 4.85. The molecular weight excluding hydrogens is 210 g/mol. The third-order valence-corrected chi connectivity index (χ3v) is 3.04. The van der Waals surface area contributed by atoms with E-state index in [9.17, 15) is 0 Å². The van der Waals surface area contributed by atoms with Gasteiger partial charge in [0.1, 0.15) is 5.75 Å². The molecular formula is C15H25NO. The Morgan fingerprint density at radius 1 is 1.24 bits per heavy atom. The first kappa shape index (κ1) is 14.0. The summed E-state index contributed by atoms with van der Waals surface area (Å²) in [5.74, 6) is 1.01. The van der Waals surface area contributed by atoms with E-state index in [2.05, 4.69) is 32.9 Å². The van der Waals surface area contributed by atoms with Gasteiger partial charge in [-0.1, -0.05) is 6.07 Å². The second kappa shape index (κ2) is 6.65. The minimum absolute atomic E-state index is 0.305. The van der Waals surface area contributed by atoms with Crippen LogP contribution in [0, 0.1) is 13.8 Å². The lowest BCUT2D eigenvalue weighted by molar-refractivity contribution is 0.337. The van der Waals surface area contributed by atoms with Crippen molar-refractivity contribution in [2.24, 2.45) is 5.73 Å². The lowest BCUT2D eigenvalue weighted by Crippen LogP contribution is -2.14. The van der Waals surface area contributed by atoms with Gasteiger partial charge >= 0.3 is 0 Å². The standard InChI is InChI=1S/C15H25NO/c1-5-17-15-10-11(2)14(9-12(15)3)8-6-7-13(4)16/h9-10,13H,5-8,16H2,1-4H3. The smallest absolute Gasteiger partial charge is 0.122 e. The van der Waals surface area contributed by atoms with Gasteiger partial charge in [-0.05, 0) is 69.7 Å². The fourth-order valence-corrected chi connectivity index (χ4v) is 2.04. The van der Waals surface area contributed by atoms with Crippen LogP contribution < -0.4 is 10.5 Å². The van der Waals surface area contributed by atoms with Crippen molar-refractivity contribution in [1.29, 1.82) is 0 Å². The van der Waals surface area contributed by atoms with E-state index < -0.39 is 0 Å². The first-order valence-corrected chi connectivity index (χ1v) is 6.53. The third-order valence-electron chi connectivity index (χ3n) is 3.04. The largest absolute Gasteiger partial charge is 0.494 e. The van der Waals surface area contributed by atoms with Gasteiger partial charge in [0.05, 0.1) is 6.61 Å². The van der Waals surface area contributed by atoms with E-state index in [1.165, 1.54) is 16.7 Å². The van der Waals surface area contributed by atoms with Crippen molar-refractivity contribution in [2.45, 2.75) is 53.0 Å². The highest BCUT2D eigenvalue weighted by molar-refractivity contribution is 5.41. The number of rotatable bonds is 6. The Hall–Kier alpha value is -1.02. The summed E-state index contributed by atoms with van der Waals surface area (Å²) >= 11 is 0. The van der Waals surface area contributed by atoms with Crippen molar-refractivity contribution in [2.75, 3.05) is 6.61 Å². The van der Waals surface area contributed by atoms with E-state index in [1.807, 2.05) is 6.92 Å². The molecule has 17 heavy (non-hydrogen) atoms. The molecule has 2 N–H and O–H groups in total. The normalized spacial score (nSPS) is 12.5. The molecule has 0 saturated heterocycles. The Bertz CT molecular complexity index is 358. The minimum Gasteiger partial charge on any atom is -0.494 e. The van der Waals surface area contributed by atoms with Crippen LogP contribution >= 0.6 is 0 Å². The fourth-order valence-electron chi connectivity index (χ4n) is 2.04. The van der Waals surface area contributed by atoms with Crippen molar-refractivity contribution in [1.82, 2.24) is 0 Å². The predicted molar refractivity (Wildman–Crippen MR) is 73.7 cm³/mol. The highest BCUT2D eigenvalue weighted by Gasteiger charge is 2.05. The summed E-state index contributed by atoms with van der Waals surface area (Å²) < 4.78 is 5.60. The summed E-state index contributed by atoms with van der Waals surface area (Å²) in [4.78, 5) is 0. The highest BCUT2D eigenvalue weighted by Crippen LogP contribution is 2.24. The number of aryl methyl sites for hydroxylation is 3. The van der Waals surface area contributed by atoms with Crippen LogP contribution in [0.2, 0.25) is 0 Å². The molecule has 1 aromatic rings.